The van der Waals surface area contributed by atoms with Gasteiger partial charge in [0, 0.05) is 15.4 Å². The fourth-order valence-electron chi connectivity index (χ4n) is 1.93. The van der Waals surface area contributed by atoms with Crippen LogP contribution in [-0.4, -0.2) is 5.11 Å². The molecule has 72 valence electrons. The molecule has 1 nitrogen and oxygen atoms in total. The summed E-state index contributed by atoms with van der Waals surface area (Å²) >= 11 is 5.12. The molecule has 3 heteroatoms. The van der Waals surface area contributed by atoms with Gasteiger partial charge >= 0.3 is 0 Å². The fraction of sp³-hybridized carbons (Fsp3) is 0.600. The van der Waals surface area contributed by atoms with Crippen molar-refractivity contribution in [3.8, 4) is 0 Å². The Morgan fingerprint density at radius 1 is 1.69 bits per heavy atom. The quantitative estimate of drug-likeness (QED) is 0.882. The molecule has 0 aliphatic heterocycles. The van der Waals surface area contributed by atoms with E-state index >= 15 is 0 Å². The Morgan fingerprint density at radius 2 is 2.46 bits per heavy atom. The summed E-state index contributed by atoms with van der Waals surface area (Å²) in [6.07, 6.45) is 3.24. The highest BCUT2D eigenvalue weighted by atomic mass is 79.9. The van der Waals surface area contributed by atoms with Gasteiger partial charge in [0.05, 0.1) is 5.60 Å². The van der Waals surface area contributed by atoms with Gasteiger partial charge in [0.1, 0.15) is 0 Å². The molecular formula is C10H13BrOS. The first-order valence-corrected chi connectivity index (χ1v) is 6.36. The van der Waals surface area contributed by atoms with Crippen LogP contribution in [0.3, 0.4) is 0 Å². The molecule has 1 saturated carbocycles. The van der Waals surface area contributed by atoms with Crippen molar-refractivity contribution < 1.29 is 5.11 Å². The largest absolute Gasteiger partial charge is 0.385 e. The van der Waals surface area contributed by atoms with E-state index in [0.29, 0.717) is 5.92 Å². The lowest BCUT2D eigenvalue weighted by Gasteiger charge is -2.08. The van der Waals surface area contributed by atoms with Crippen LogP contribution in [0.25, 0.3) is 0 Å². The van der Waals surface area contributed by atoms with E-state index < -0.39 is 5.60 Å². The average molecular weight is 261 g/mol. The molecule has 1 heterocycles. The van der Waals surface area contributed by atoms with Crippen LogP contribution in [0.1, 0.15) is 31.7 Å². The van der Waals surface area contributed by atoms with Crippen molar-refractivity contribution in [2.45, 2.75) is 31.8 Å². The summed E-state index contributed by atoms with van der Waals surface area (Å²) < 4.78 is 1.07. The van der Waals surface area contributed by atoms with Gasteiger partial charge in [-0.1, -0.05) is 13.3 Å². The molecule has 0 aromatic carbocycles. The summed E-state index contributed by atoms with van der Waals surface area (Å²) in [7, 11) is 0. The van der Waals surface area contributed by atoms with E-state index in [-0.39, 0.29) is 0 Å². The highest BCUT2D eigenvalue weighted by Gasteiger charge is 2.54. The molecule has 13 heavy (non-hydrogen) atoms. The van der Waals surface area contributed by atoms with Gasteiger partial charge in [0.2, 0.25) is 0 Å². The molecule has 1 aromatic rings. The minimum absolute atomic E-state index is 0.489. The fourth-order valence-corrected chi connectivity index (χ4v) is 3.64. The molecule has 1 N–H and O–H groups in total. The average Bonchev–Trinajstić information content (AvgIpc) is 2.56. The van der Waals surface area contributed by atoms with Gasteiger partial charge < -0.3 is 5.11 Å². The van der Waals surface area contributed by atoms with Crippen LogP contribution < -0.4 is 0 Å². The Hall–Kier alpha value is 0.140. The molecule has 0 amide bonds. The van der Waals surface area contributed by atoms with E-state index in [4.69, 9.17) is 0 Å². The smallest absolute Gasteiger partial charge is 0.0948 e. The third kappa shape index (κ3) is 1.58. The molecule has 2 unspecified atom stereocenters. The zero-order chi connectivity index (χ0) is 9.47. The Morgan fingerprint density at radius 3 is 3.00 bits per heavy atom. The number of hydrogen-bond donors (Lipinski definition) is 1. The van der Waals surface area contributed by atoms with E-state index in [1.807, 2.05) is 5.38 Å². The predicted octanol–water partition coefficient (Wildman–Crippen LogP) is 3.52. The molecular weight excluding hydrogens is 248 g/mol. The lowest BCUT2D eigenvalue weighted by Crippen LogP contribution is -2.07. The molecule has 2 atom stereocenters. The summed E-state index contributed by atoms with van der Waals surface area (Å²) in [5, 5.41) is 14.3. The van der Waals surface area contributed by atoms with E-state index in [1.165, 1.54) is 0 Å². The second-order valence-electron chi connectivity index (χ2n) is 3.75. The topological polar surface area (TPSA) is 20.2 Å². The minimum atomic E-state index is -0.505. The van der Waals surface area contributed by atoms with E-state index in [1.54, 1.807) is 11.3 Å². The molecule has 1 aliphatic rings. The molecule has 0 radical (unpaired) electrons. The van der Waals surface area contributed by atoms with Gasteiger partial charge in [0.25, 0.3) is 0 Å². The highest BCUT2D eigenvalue weighted by molar-refractivity contribution is 9.10. The van der Waals surface area contributed by atoms with Crippen molar-refractivity contribution in [1.29, 1.82) is 0 Å². The van der Waals surface area contributed by atoms with Crippen molar-refractivity contribution in [1.82, 2.24) is 0 Å². The zero-order valence-corrected chi connectivity index (χ0v) is 9.99. The van der Waals surface area contributed by atoms with Gasteiger partial charge in [-0.3, -0.25) is 0 Å². The number of rotatable bonds is 3. The highest BCUT2D eigenvalue weighted by Crippen LogP contribution is 2.56. The summed E-state index contributed by atoms with van der Waals surface area (Å²) in [6.45, 7) is 2.17. The number of thiophene rings is 1. The third-order valence-corrected chi connectivity index (χ3v) is 4.49. The summed E-state index contributed by atoms with van der Waals surface area (Å²) in [4.78, 5) is 0. The van der Waals surface area contributed by atoms with Crippen LogP contribution in [0.5, 0.6) is 0 Å². The van der Waals surface area contributed by atoms with Crippen molar-refractivity contribution >= 4 is 27.3 Å². The summed E-state index contributed by atoms with van der Waals surface area (Å²) in [6, 6.07) is 0. The molecule has 1 aromatic heterocycles. The predicted molar refractivity (Wildman–Crippen MR) is 58.9 cm³/mol. The molecule has 1 fully saturated rings. The van der Waals surface area contributed by atoms with Crippen molar-refractivity contribution in [2.24, 2.45) is 5.92 Å². The normalized spacial score (nSPS) is 32.1. The van der Waals surface area contributed by atoms with Crippen LogP contribution in [-0.2, 0) is 5.60 Å². The maximum Gasteiger partial charge on any atom is 0.0948 e. The van der Waals surface area contributed by atoms with Crippen molar-refractivity contribution in [3.05, 3.63) is 20.8 Å². The first kappa shape index (κ1) is 9.69. The van der Waals surface area contributed by atoms with Crippen LogP contribution in [0.15, 0.2) is 15.2 Å². The number of aliphatic hydroxyl groups is 1. The van der Waals surface area contributed by atoms with Crippen molar-refractivity contribution in [3.63, 3.8) is 0 Å². The van der Waals surface area contributed by atoms with Crippen LogP contribution in [0.2, 0.25) is 0 Å². The van der Waals surface area contributed by atoms with Crippen LogP contribution >= 0.6 is 27.3 Å². The second-order valence-corrected chi connectivity index (χ2v) is 5.35. The van der Waals surface area contributed by atoms with Gasteiger partial charge in [-0.25, -0.2) is 0 Å². The SMILES string of the molecule is CCCC1CC1(O)c1cscc1Br. The van der Waals surface area contributed by atoms with Crippen molar-refractivity contribution in [2.75, 3.05) is 0 Å². The van der Waals surface area contributed by atoms with E-state index in [2.05, 4.69) is 28.2 Å². The second kappa shape index (κ2) is 3.37. The monoisotopic (exact) mass is 260 g/mol. The molecule has 0 saturated heterocycles. The molecule has 0 bridgehead atoms. The van der Waals surface area contributed by atoms with Gasteiger partial charge in [0.15, 0.2) is 0 Å². The van der Waals surface area contributed by atoms with Gasteiger partial charge in [-0.15, -0.1) is 0 Å². The van der Waals surface area contributed by atoms with E-state index in [0.717, 1.165) is 29.3 Å². The third-order valence-electron chi connectivity index (χ3n) is 2.79. The first-order chi connectivity index (χ1) is 6.18. The molecule has 2 rings (SSSR count). The maximum atomic E-state index is 10.2. The summed E-state index contributed by atoms with van der Waals surface area (Å²) in [5.41, 5.74) is 0.588. The number of halogens is 1. The minimum Gasteiger partial charge on any atom is -0.385 e. The Labute approximate surface area is 90.9 Å². The Balaban J connectivity index is 2.15. The maximum absolute atomic E-state index is 10.2. The number of hydrogen-bond acceptors (Lipinski definition) is 2. The lowest BCUT2D eigenvalue weighted by atomic mass is 10.1. The molecule has 1 aliphatic carbocycles. The lowest BCUT2D eigenvalue weighted by molar-refractivity contribution is 0.129. The van der Waals surface area contributed by atoms with Crippen LogP contribution in [0.4, 0.5) is 0 Å². The standard InChI is InChI=1S/C10H13BrOS/c1-2-3-7-4-10(7,12)8-5-13-6-9(8)11/h5-7,12H,2-4H2,1H3. The van der Waals surface area contributed by atoms with E-state index in [9.17, 15) is 5.11 Å². The first-order valence-electron chi connectivity index (χ1n) is 4.63. The summed E-state index contributed by atoms with van der Waals surface area (Å²) in [5.74, 6) is 0.489. The van der Waals surface area contributed by atoms with Crippen LogP contribution in [0, 0.1) is 5.92 Å². The Bertz CT molecular complexity index is 310. The van der Waals surface area contributed by atoms with Gasteiger partial charge in [-0.2, -0.15) is 11.3 Å². The van der Waals surface area contributed by atoms with Gasteiger partial charge in [-0.05, 0) is 40.1 Å². The Kier molecular flexibility index (Phi) is 2.51. The molecule has 0 spiro atoms. The zero-order valence-electron chi connectivity index (χ0n) is 7.59.